The van der Waals surface area contributed by atoms with Crippen LogP contribution in [0.25, 0.3) is 10.9 Å². The maximum Gasteiger partial charge on any atom is 0.232 e. The predicted molar refractivity (Wildman–Crippen MR) is 111 cm³/mol. The van der Waals surface area contributed by atoms with Crippen LogP contribution >= 0.6 is 11.8 Å². The van der Waals surface area contributed by atoms with Gasteiger partial charge in [-0.25, -0.2) is 4.39 Å². The summed E-state index contributed by atoms with van der Waals surface area (Å²) in [6, 6.07) is 16.1. The number of benzene rings is 2. The number of para-hydroxylation sites is 1. The number of thioether (sulfide) groups is 1. The van der Waals surface area contributed by atoms with Gasteiger partial charge in [0.2, 0.25) is 11.9 Å². The van der Waals surface area contributed by atoms with E-state index in [1.165, 1.54) is 12.1 Å². The van der Waals surface area contributed by atoms with Crippen LogP contribution in [0.5, 0.6) is 0 Å². The summed E-state index contributed by atoms with van der Waals surface area (Å²) in [6.07, 6.45) is 1.80. The summed E-state index contributed by atoms with van der Waals surface area (Å²) in [7, 11) is 0. The highest BCUT2D eigenvalue weighted by Crippen LogP contribution is 2.23. The molecule has 0 atom stereocenters. The standard InChI is InChI=1S/C20H17FN6S/c21-15-6-8-16(9-7-15)24-20-26-17(25-19(22)27-20)12-28-11-14-4-1-3-13-5-2-10-23-18(13)14/h1-10H,11-12H2,(H3,22,24,25,26,27). The van der Waals surface area contributed by atoms with Crippen molar-refractivity contribution in [2.75, 3.05) is 11.1 Å². The van der Waals surface area contributed by atoms with Crippen molar-refractivity contribution < 1.29 is 4.39 Å². The maximum atomic E-state index is 13.0. The molecule has 0 saturated carbocycles. The van der Waals surface area contributed by atoms with Crippen molar-refractivity contribution in [3.05, 3.63) is 78.0 Å². The summed E-state index contributed by atoms with van der Waals surface area (Å²) >= 11 is 1.67. The first-order valence-electron chi connectivity index (χ1n) is 8.61. The molecule has 0 saturated heterocycles. The van der Waals surface area contributed by atoms with Crippen LogP contribution in [-0.4, -0.2) is 19.9 Å². The van der Waals surface area contributed by atoms with Crippen molar-refractivity contribution in [2.45, 2.75) is 11.5 Å². The molecule has 0 unspecified atom stereocenters. The van der Waals surface area contributed by atoms with Gasteiger partial charge in [-0.1, -0.05) is 24.3 Å². The second-order valence-corrected chi connectivity index (χ2v) is 7.04. The van der Waals surface area contributed by atoms with Gasteiger partial charge in [0, 0.05) is 23.0 Å². The lowest BCUT2D eigenvalue weighted by Gasteiger charge is -2.08. The number of nitrogens with zero attached hydrogens (tertiary/aromatic N) is 4. The number of hydrogen-bond acceptors (Lipinski definition) is 7. The Bertz CT molecular complexity index is 1100. The number of fused-ring (bicyclic) bond motifs is 1. The molecule has 0 radical (unpaired) electrons. The lowest BCUT2D eigenvalue weighted by atomic mass is 10.1. The zero-order valence-corrected chi connectivity index (χ0v) is 15.7. The normalized spacial score (nSPS) is 10.9. The highest BCUT2D eigenvalue weighted by Gasteiger charge is 2.07. The van der Waals surface area contributed by atoms with Crippen molar-refractivity contribution in [1.29, 1.82) is 0 Å². The molecule has 140 valence electrons. The molecule has 4 rings (SSSR count). The molecule has 2 heterocycles. The first kappa shape index (κ1) is 18.1. The largest absolute Gasteiger partial charge is 0.368 e. The van der Waals surface area contributed by atoms with E-state index in [4.69, 9.17) is 5.73 Å². The Morgan fingerprint density at radius 2 is 1.75 bits per heavy atom. The Hall–Kier alpha value is -3.26. The molecule has 0 aliphatic carbocycles. The van der Waals surface area contributed by atoms with Crippen molar-refractivity contribution in [1.82, 2.24) is 19.9 Å². The van der Waals surface area contributed by atoms with Gasteiger partial charge in [0.05, 0.1) is 11.3 Å². The van der Waals surface area contributed by atoms with Crippen molar-refractivity contribution in [3.8, 4) is 0 Å². The van der Waals surface area contributed by atoms with Gasteiger partial charge in [-0.2, -0.15) is 15.0 Å². The molecule has 0 spiro atoms. The van der Waals surface area contributed by atoms with Gasteiger partial charge in [-0.05, 0) is 35.9 Å². The smallest absolute Gasteiger partial charge is 0.232 e. The molecule has 2 aromatic heterocycles. The van der Waals surface area contributed by atoms with Gasteiger partial charge in [0.1, 0.15) is 11.6 Å². The lowest BCUT2D eigenvalue weighted by molar-refractivity contribution is 0.628. The number of nitrogen functional groups attached to an aromatic ring is 1. The van der Waals surface area contributed by atoms with Crippen molar-refractivity contribution in [2.24, 2.45) is 0 Å². The van der Waals surface area contributed by atoms with Crippen LogP contribution in [0.2, 0.25) is 0 Å². The van der Waals surface area contributed by atoms with Crippen LogP contribution in [0.15, 0.2) is 60.8 Å². The van der Waals surface area contributed by atoms with E-state index in [1.807, 2.05) is 12.1 Å². The number of rotatable bonds is 6. The number of anilines is 3. The first-order chi connectivity index (χ1) is 13.7. The minimum Gasteiger partial charge on any atom is -0.368 e. The number of pyridine rings is 1. The second kappa shape index (κ2) is 8.18. The monoisotopic (exact) mass is 392 g/mol. The third kappa shape index (κ3) is 4.34. The van der Waals surface area contributed by atoms with E-state index in [0.717, 1.165) is 22.2 Å². The molecule has 4 aromatic rings. The minimum atomic E-state index is -0.305. The van der Waals surface area contributed by atoms with Crippen LogP contribution < -0.4 is 11.1 Å². The molecular weight excluding hydrogens is 375 g/mol. The van der Waals surface area contributed by atoms with Crippen LogP contribution in [0.4, 0.5) is 22.0 Å². The van der Waals surface area contributed by atoms with E-state index in [2.05, 4.69) is 43.5 Å². The molecule has 0 aliphatic rings. The van der Waals surface area contributed by atoms with E-state index >= 15 is 0 Å². The fourth-order valence-electron chi connectivity index (χ4n) is 2.76. The van der Waals surface area contributed by atoms with Crippen molar-refractivity contribution >= 4 is 40.2 Å². The van der Waals surface area contributed by atoms with Gasteiger partial charge < -0.3 is 11.1 Å². The van der Waals surface area contributed by atoms with Gasteiger partial charge in [0.25, 0.3) is 0 Å². The summed E-state index contributed by atoms with van der Waals surface area (Å²) in [4.78, 5) is 17.2. The van der Waals surface area contributed by atoms with Gasteiger partial charge in [-0.3, -0.25) is 4.98 Å². The summed E-state index contributed by atoms with van der Waals surface area (Å²) in [5.74, 6) is 2.11. The SMILES string of the molecule is Nc1nc(CSCc2cccc3cccnc23)nc(Nc2ccc(F)cc2)n1. The fraction of sp³-hybridized carbons (Fsp3) is 0.100. The number of nitrogens with two attached hydrogens (primary N) is 1. The van der Waals surface area contributed by atoms with Crippen LogP contribution in [0, 0.1) is 5.82 Å². The summed E-state index contributed by atoms with van der Waals surface area (Å²) < 4.78 is 13.0. The van der Waals surface area contributed by atoms with E-state index < -0.39 is 0 Å². The Labute approximate surface area is 165 Å². The Kier molecular flexibility index (Phi) is 5.29. The molecule has 3 N–H and O–H groups in total. The molecule has 0 bridgehead atoms. The molecule has 0 fully saturated rings. The number of hydrogen-bond donors (Lipinski definition) is 2. The Balaban J connectivity index is 1.44. The Morgan fingerprint density at radius 3 is 2.61 bits per heavy atom. The molecule has 8 heteroatoms. The molecular formula is C20H17FN6S. The molecule has 6 nitrogen and oxygen atoms in total. The number of aromatic nitrogens is 4. The molecule has 0 aliphatic heterocycles. The van der Waals surface area contributed by atoms with Crippen LogP contribution in [-0.2, 0) is 11.5 Å². The third-order valence-corrected chi connectivity index (χ3v) is 4.98. The maximum absolute atomic E-state index is 13.0. The number of nitrogens with one attached hydrogen (secondary N) is 1. The van der Waals surface area contributed by atoms with E-state index in [1.54, 1.807) is 30.1 Å². The number of halogens is 1. The third-order valence-electron chi connectivity index (χ3n) is 4.00. The van der Waals surface area contributed by atoms with Gasteiger partial charge >= 0.3 is 0 Å². The Morgan fingerprint density at radius 1 is 0.929 bits per heavy atom. The average molecular weight is 392 g/mol. The zero-order chi connectivity index (χ0) is 19.3. The van der Waals surface area contributed by atoms with Crippen LogP contribution in [0.3, 0.4) is 0 Å². The molecule has 2 aromatic carbocycles. The summed E-state index contributed by atoms with van der Waals surface area (Å²) in [6.45, 7) is 0. The van der Waals surface area contributed by atoms with Gasteiger partial charge in [0.15, 0.2) is 0 Å². The zero-order valence-electron chi connectivity index (χ0n) is 14.8. The second-order valence-electron chi connectivity index (χ2n) is 6.05. The highest BCUT2D eigenvalue weighted by atomic mass is 32.2. The van der Waals surface area contributed by atoms with Crippen molar-refractivity contribution in [3.63, 3.8) is 0 Å². The van der Waals surface area contributed by atoms with Crippen LogP contribution in [0.1, 0.15) is 11.4 Å². The topological polar surface area (TPSA) is 89.6 Å². The fourth-order valence-corrected chi connectivity index (χ4v) is 3.62. The average Bonchev–Trinajstić information content (AvgIpc) is 2.70. The quantitative estimate of drug-likeness (QED) is 0.505. The van der Waals surface area contributed by atoms with E-state index in [9.17, 15) is 4.39 Å². The predicted octanol–water partition coefficient (Wildman–Crippen LogP) is 4.32. The van der Waals surface area contributed by atoms with Gasteiger partial charge in [-0.15, -0.1) is 11.8 Å². The molecule has 28 heavy (non-hydrogen) atoms. The van der Waals surface area contributed by atoms with E-state index in [-0.39, 0.29) is 11.8 Å². The first-order valence-corrected chi connectivity index (χ1v) is 9.76. The van der Waals surface area contributed by atoms with E-state index in [0.29, 0.717) is 23.2 Å². The summed E-state index contributed by atoms with van der Waals surface area (Å²) in [5.41, 5.74) is 8.65. The highest BCUT2D eigenvalue weighted by molar-refractivity contribution is 7.97. The lowest BCUT2D eigenvalue weighted by Crippen LogP contribution is -2.06. The summed E-state index contributed by atoms with van der Waals surface area (Å²) in [5, 5.41) is 4.14. The minimum absolute atomic E-state index is 0.141. The molecule has 0 amide bonds.